The summed E-state index contributed by atoms with van der Waals surface area (Å²) in [7, 11) is 0. The van der Waals surface area contributed by atoms with Crippen LogP contribution in [0.1, 0.15) is 4.88 Å². The van der Waals surface area contributed by atoms with E-state index in [1.165, 1.54) is 17.4 Å². The van der Waals surface area contributed by atoms with E-state index in [2.05, 4.69) is 15.9 Å². The highest BCUT2D eigenvalue weighted by Gasteiger charge is 2.27. The molecule has 7 heteroatoms. The summed E-state index contributed by atoms with van der Waals surface area (Å²) in [5, 5.41) is 1.74. The SMILES string of the molecule is O=C(/C=C/c1ccc(Br)s1)NCC(F)(F)F. The Morgan fingerprint density at radius 1 is 1.50 bits per heavy atom. The van der Waals surface area contributed by atoms with Crippen LogP contribution in [0.3, 0.4) is 0 Å². The molecule has 1 aromatic heterocycles. The van der Waals surface area contributed by atoms with Gasteiger partial charge in [-0.3, -0.25) is 4.79 Å². The number of alkyl halides is 3. The predicted octanol–water partition coefficient (Wildman–Crippen LogP) is 3.20. The summed E-state index contributed by atoms with van der Waals surface area (Å²) < 4.78 is 36.1. The van der Waals surface area contributed by atoms with Crippen LogP contribution in [-0.4, -0.2) is 18.6 Å². The summed E-state index contributed by atoms with van der Waals surface area (Å²) in [4.78, 5) is 11.8. The van der Waals surface area contributed by atoms with Crippen LogP contribution in [0.15, 0.2) is 22.0 Å². The van der Waals surface area contributed by atoms with Crippen molar-refractivity contribution in [3.63, 3.8) is 0 Å². The van der Waals surface area contributed by atoms with Crippen LogP contribution >= 0.6 is 27.3 Å². The number of nitrogens with one attached hydrogen (secondary N) is 1. The van der Waals surface area contributed by atoms with Crippen molar-refractivity contribution in [3.8, 4) is 0 Å². The highest BCUT2D eigenvalue weighted by atomic mass is 79.9. The molecule has 16 heavy (non-hydrogen) atoms. The van der Waals surface area contributed by atoms with Gasteiger partial charge in [-0.2, -0.15) is 13.2 Å². The maximum absolute atomic E-state index is 11.7. The Labute approximate surface area is 102 Å². The molecule has 88 valence electrons. The first kappa shape index (κ1) is 13.2. The van der Waals surface area contributed by atoms with E-state index in [0.29, 0.717) is 0 Å². The Bertz CT molecular complexity index is 400. The first-order chi connectivity index (χ1) is 7.37. The molecule has 1 rings (SSSR count). The molecule has 1 amide bonds. The summed E-state index contributed by atoms with van der Waals surface area (Å²) in [6.45, 7) is -1.32. The molecule has 0 fully saturated rings. The molecular formula is C9H7BrF3NOS. The Hall–Kier alpha value is -0.820. The molecule has 0 atom stereocenters. The lowest BCUT2D eigenvalue weighted by Gasteiger charge is -2.05. The van der Waals surface area contributed by atoms with E-state index in [9.17, 15) is 18.0 Å². The monoisotopic (exact) mass is 313 g/mol. The Kier molecular flexibility index (Phi) is 4.55. The first-order valence-electron chi connectivity index (χ1n) is 4.15. The minimum Gasteiger partial charge on any atom is -0.343 e. The van der Waals surface area contributed by atoms with Crippen LogP contribution < -0.4 is 5.32 Å². The molecule has 0 aromatic carbocycles. The van der Waals surface area contributed by atoms with E-state index < -0.39 is 18.6 Å². The zero-order valence-electron chi connectivity index (χ0n) is 7.84. The van der Waals surface area contributed by atoms with Crippen LogP contribution in [-0.2, 0) is 4.79 Å². The standard InChI is InChI=1S/C9H7BrF3NOS/c10-7-3-1-6(16-7)2-4-8(15)14-5-9(11,12)13/h1-4H,5H2,(H,14,15)/b4-2+. The summed E-state index contributed by atoms with van der Waals surface area (Å²) >= 11 is 4.61. The zero-order valence-corrected chi connectivity index (χ0v) is 10.2. The minimum atomic E-state index is -4.38. The molecule has 1 aromatic rings. The van der Waals surface area contributed by atoms with Gasteiger partial charge in [0.15, 0.2) is 0 Å². The molecule has 2 nitrogen and oxygen atoms in total. The third kappa shape index (κ3) is 5.32. The lowest BCUT2D eigenvalue weighted by atomic mass is 10.4. The minimum absolute atomic E-state index is 0.762. The molecular weight excluding hydrogens is 307 g/mol. The average molecular weight is 314 g/mol. The second kappa shape index (κ2) is 5.49. The van der Waals surface area contributed by atoms with E-state index in [4.69, 9.17) is 0 Å². The van der Waals surface area contributed by atoms with Gasteiger partial charge in [0.25, 0.3) is 0 Å². The van der Waals surface area contributed by atoms with Gasteiger partial charge >= 0.3 is 6.18 Å². The highest BCUT2D eigenvalue weighted by molar-refractivity contribution is 9.11. The maximum atomic E-state index is 11.7. The van der Waals surface area contributed by atoms with Crippen LogP contribution in [0.4, 0.5) is 13.2 Å². The maximum Gasteiger partial charge on any atom is 0.405 e. The number of carbonyl (C=O) groups excluding carboxylic acids is 1. The fourth-order valence-corrected chi connectivity index (χ4v) is 2.15. The van der Waals surface area contributed by atoms with Crippen molar-refractivity contribution < 1.29 is 18.0 Å². The van der Waals surface area contributed by atoms with Crippen molar-refractivity contribution in [3.05, 3.63) is 26.9 Å². The summed E-state index contributed by atoms with van der Waals surface area (Å²) in [5.41, 5.74) is 0. The third-order valence-corrected chi connectivity index (χ3v) is 3.04. The third-order valence-electron chi connectivity index (χ3n) is 1.46. The van der Waals surface area contributed by atoms with Gasteiger partial charge in [-0.1, -0.05) is 0 Å². The first-order valence-corrected chi connectivity index (χ1v) is 5.76. The summed E-state index contributed by atoms with van der Waals surface area (Å²) in [6, 6.07) is 3.54. The number of amides is 1. The quantitative estimate of drug-likeness (QED) is 0.853. The highest BCUT2D eigenvalue weighted by Crippen LogP contribution is 2.22. The molecule has 0 spiro atoms. The zero-order chi connectivity index (χ0) is 12.2. The lowest BCUT2D eigenvalue weighted by molar-refractivity contribution is -0.135. The van der Waals surface area contributed by atoms with Crippen LogP contribution in [0.2, 0.25) is 0 Å². The smallest absolute Gasteiger partial charge is 0.343 e. The molecule has 0 bridgehead atoms. The number of halogens is 4. The Morgan fingerprint density at radius 2 is 2.19 bits per heavy atom. The van der Waals surface area contributed by atoms with Crippen LogP contribution in [0, 0.1) is 0 Å². The lowest BCUT2D eigenvalue weighted by Crippen LogP contribution is -2.32. The van der Waals surface area contributed by atoms with E-state index in [-0.39, 0.29) is 0 Å². The largest absolute Gasteiger partial charge is 0.405 e. The van der Waals surface area contributed by atoms with Crippen LogP contribution in [0.5, 0.6) is 0 Å². The van der Waals surface area contributed by atoms with Crippen molar-refractivity contribution in [2.24, 2.45) is 0 Å². The van der Waals surface area contributed by atoms with E-state index in [1.807, 2.05) is 0 Å². The second-order valence-corrected chi connectivity index (χ2v) is 5.30. The van der Waals surface area contributed by atoms with Crippen molar-refractivity contribution in [1.29, 1.82) is 0 Å². The van der Waals surface area contributed by atoms with E-state index in [0.717, 1.165) is 14.7 Å². The average Bonchev–Trinajstić information content (AvgIpc) is 2.57. The topological polar surface area (TPSA) is 29.1 Å². The Balaban J connectivity index is 2.43. The van der Waals surface area contributed by atoms with Gasteiger partial charge in [0.05, 0.1) is 3.79 Å². The Morgan fingerprint density at radius 3 is 2.69 bits per heavy atom. The van der Waals surface area contributed by atoms with Gasteiger partial charge in [0.2, 0.25) is 5.91 Å². The van der Waals surface area contributed by atoms with Gasteiger partial charge in [0.1, 0.15) is 6.54 Å². The number of rotatable bonds is 3. The predicted molar refractivity (Wildman–Crippen MR) is 60.1 cm³/mol. The molecule has 0 saturated heterocycles. The number of hydrogen-bond donors (Lipinski definition) is 1. The normalized spacial score (nSPS) is 12.0. The summed E-state index contributed by atoms with van der Waals surface area (Å²) in [6.07, 6.45) is -1.85. The van der Waals surface area contributed by atoms with Gasteiger partial charge in [0, 0.05) is 11.0 Å². The molecule has 1 N–H and O–H groups in total. The number of carbonyl (C=O) groups is 1. The van der Waals surface area contributed by atoms with E-state index in [1.54, 1.807) is 17.4 Å². The molecule has 0 aliphatic rings. The van der Waals surface area contributed by atoms with Crippen molar-refractivity contribution in [1.82, 2.24) is 5.32 Å². The molecule has 0 radical (unpaired) electrons. The van der Waals surface area contributed by atoms with Gasteiger partial charge in [-0.15, -0.1) is 11.3 Å². The fraction of sp³-hybridized carbons (Fsp3) is 0.222. The van der Waals surface area contributed by atoms with Crippen LogP contribution in [0.25, 0.3) is 6.08 Å². The molecule has 0 aliphatic carbocycles. The van der Waals surface area contributed by atoms with E-state index >= 15 is 0 Å². The summed E-state index contributed by atoms with van der Waals surface area (Å²) in [5.74, 6) is -0.762. The molecule has 0 saturated carbocycles. The fourth-order valence-electron chi connectivity index (χ4n) is 0.822. The molecule has 0 unspecified atom stereocenters. The number of thiophene rings is 1. The van der Waals surface area contributed by atoms with Gasteiger partial charge in [-0.05, 0) is 34.1 Å². The van der Waals surface area contributed by atoms with Gasteiger partial charge in [-0.25, -0.2) is 0 Å². The van der Waals surface area contributed by atoms with Gasteiger partial charge < -0.3 is 5.32 Å². The molecule has 1 heterocycles. The number of hydrogen-bond acceptors (Lipinski definition) is 2. The second-order valence-electron chi connectivity index (χ2n) is 2.81. The molecule has 0 aliphatic heterocycles. The van der Waals surface area contributed by atoms with Crippen molar-refractivity contribution >= 4 is 39.2 Å². The van der Waals surface area contributed by atoms with Crippen molar-refractivity contribution in [2.75, 3.05) is 6.54 Å². The van der Waals surface area contributed by atoms with Crippen molar-refractivity contribution in [2.45, 2.75) is 6.18 Å².